The highest BCUT2D eigenvalue weighted by atomic mass is 79.9. The molecule has 1 N–H and O–H groups in total. The van der Waals surface area contributed by atoms with Gasteiger partial charge >= 0.3 is 0 Å². The van der Waals surface area contributed by atoms with Gasteiger partial charge in [-0.3, -0.25) is 4.79 Å². The number of halogens is 1. The Morgan fingerprint density at radius 1 is 0.892 bits per heavy atom. The van der Waals surface area contributed by atoms with Crippen molar-refractivity contribution < 1.29 is 26.9 Å². The first-order chi connectivity index (χ1) is 17.3. The largest absolute Gasteiger partial charge is 1.00 e. The molecule has 0 bridgehead atoms. The van der Waals surface area contributed by atoms with Crippen LogP contribution in [-0.2, 0) is 4.79 Å². The number of carbonyl (C=O) groups excluding carboxylic acids is 1. The number of allylic oxidation sites excluding steroid dienone is 5. The van der Waals surface area contributed by atoms with Gasteiger partial charge in [-0.05, 0) is 79.3 Å². The monoisotopic (exact) mass is 574 g/mol. The lowest BCUT2D eigenvalue weighted by atomic mass is 9.71. The predicted molar refractivity (Wildman–Crippen MR) is 155 cm³/mol. The lowest BCUT2D eigenvalue weighted by Crippen LogP contribution is -3.00. The zero-order valence-electron chi connectivity index (χ0n) is 22.1. The van der Waals surface area contributed by atoms with Crippen molar-refractivity contribution in [2.75, 3.05) is 6.16 Å². The molecule has 3 aromatic rings. The fourth-order valence-electron chi connectivity index (χ4n) is 5.30. The van der Waals surface area contributed by atoms with E-state index in [0.29, 0.717) is 12.0 Å². The average molecular weight is 576 g/mol. The van der Waals surface area contributed by atoms with Crippen molar-refractivity contribution >= 4 is 29.0 Å². The third-order valence-corrected chi connectivity index (χ3v) is 11.6. The number of rotatable bonds is 7. The molecule has 0 saturated heterocycles. The molecule has 4 rings (SSSR count). The number of aliphatic hydroxyl groups excluding tert-OH is 1. The van der Waals surface area contributed by atoms with Crippen LogP contribution in [0, 0.1) is 5.41 Å². The zero-order chi connectivity index (χ0) is 25.8. The first-order valence-corrected chi connectivity index (χ1v) is 14.6. The first-order valence-electron chi connectivity index (χ1n) is 12.6. The van der Waals surface area contributed by atoms with Crippen LogP contribution in [0.1, 0.15) is 34.1 Å². The zero-order valence-corrected chi connectivity index (χ0v) is 24.5. The fraction of sp³-hybridized carbons (Fsp3) is 0.242. The minimum atomic E-state index is -1.93. The minimum absolute atomic E-state index is 0. The quantitative estimate of drug-likeness (QED) is 0.348. The van der Waals surface area contributed by atoms with Crippen molar-refractivity contribution in [3.8, 4) is 0 Å². The second kappa shape index (κ2) is 12.3. The molecule has 0 amide bonds. The third kappa shape index (κ3) is 6.12. The molecule has 0 aromatic heterocycles. The van der Waals surface area contributed by atoms with E-state index in [2.05, 4.69) is 130 Å². The lowest BCUT2D eigenvalue weighted by molar-refractivity contribution is -0.125. The Kier molecular flexibility index (Phi) is 9.64. The van der Waals surface area contributed by atoms with Gasteiger partial charge in [-0.25, -0.2) is 0 Å². The van der Waals surface area contributed by atoms with Crippen molar-refractivity contribution in [3.05, 3.63) is 126 Å². The summed E-state index contributed by atoms with van der Waals surface area (Å²) in [6.45, 7) is 8.17. The summed E-state index contributed by atoms with van der Waals surface area (Å²) in [4.78, 5) is 12.4. The molecule has 192 valence electrons. The van der Waals surface area contributed by atoms with E-state index in [4.69, 9.17) is 0 Å². The van der Waals surface area contributed by atoms with E-state index in [1.807, 2.05) is 6.92 Å². The maximum atomic E-state index is 12.4. The summed E-state index contributed by atoms with van der Waals surface area (Å²) in [7, 11) is -1.93. The van der Waals surface area contributed by atoms with Crippen LogP contribution in [0.5, 0.6) is 0 Å². The highest BCUT2D eigenvalue weighted by molar-refractivity contribution is 7.95. The van der Waals surface area contributed by atoms with E-state index in [0.717, 1.165) is 17.3 Å². The van der Waals surface area contributed by atoms with E-state index < -0.39 is 13.4 Å². The Hall–Kier alpha value is -2.58. The fourth-order valence-corrected chi connectivity index (χ4v) is 9.43. The number of carbonyl (C=O) groups is 1. The molecule has 0 spiro atoms. The molecule has 1 aliphatic carbocycles. The number of aliphatic hydroxyl groups is 1. The molecule has 0 fully saturated rings. The van der Waals surface area contributed by atoms with E-state index >= 15 is 0 Å². The van der Waals surface area contributed by atoms with Crippen molar-refractivity contribution in [1.29, 1.82) is 0 Å². The smallest absolute Gasteiger partial charge is 0.187 e. The molecule has 37 heavy (non-hydrogen) atoms. The Bertz CT molecular complexity index is 1200. The van der Waals surface area contributed by atoms with Crippen LogP contribution in [0.4, 0.5) is 0 Å². The normalized spacial score (nSPS) is 18.1. The maximum Gasteiger partial charge on any atom is 0.187 e. The molecule has 3 aromatic carbocycles. The molecule has 2 nitrogen and oxygen atoms in total. The van der Waals surface area contributed by atoms with Crippen LogP contribution < -0.4 is 32.9 Å². The van der Waals surface area contributed by atoms with E-state index in [1.54, 1.807) is 0 Å². The number of benzene rings is 3. The predicted octanol–water partition coefficient (Wildman–Crippen LogP) is 3.16. The van der Waals surface area contributed by atoms with E-state index in [9.17, 15) is 9.90 Å². The number of hydrogen-bond acceptors (Lipinski definition) is 2. The molecule has 1 atom stereocenters. The van der Waals surface area contributed by atoms with Crippen molar-refractivity contribution in [2.45, 2.75) is 40.2 Å². The van der Waals surface area contributed by atoms with Gasteiger partial charge in [0.15, 0.2) is 5.78 Å². The third-order valence-electron chi connectivity index (χ3n) is 7.30. The van der Waals surface area contributed by atoms with Crippen LogP contribution in [0.15, 0.2) is 126 Å². The molecule has 4 heteroatoms. The van der Waals surface area contributed by atoms with Gasteiger partial charge in [0.25, 0.3) is 0 Å². The van der Waals surface area contributed by atoms with E-state index in [-0.39, 0.29) is 28.2 Å². The van der Waals surface area contributed by atoms with Crippen LogP contribution in [0.3, 0.4) is 0 Å². The highest BCUT2D eigenvalue weighted by Crippen LogP contribution is 2.55. The molecule has 0 saturated carbocycles. The highest BCUT2D eigenvalue weighted by Gasteiger charge is 2.44. The second-order valence-corrected chi connectivity index (χ2v) is 13.8. The van der Waals surface area contributed by atoms with Gasteiger partial charge in [-0.15, -0.1) is 0 Å². The van der Waals surface area contributed by atoms with Crippen LogP contribution in [0.25, 0.3) is 0 Å². The summed E-state index contributed by atoms with van der Waals surface area (Å²) in [6, 6.07) is 32.7. The number of ketones is 1. The Balaban J connectivity index is 0.00000380. The number of hydrogen-bond donors (Lipinski definition) is 1. The Morgan fingerprint density at radius 2 is 1.32 bits per heavy atom. The summed E-state index contributed by atoms with van der Waals surface area (Å²) >= 11 is 0. The second-order valence-electron chi connectivity index (χ2n) is 10.3. The summed E-state index contributed by atoms with van der Waals surface area (Å²) in [5.74, 6) is -0.155. The molecular formula is C33H36BrO2P. The van der Waals surface area contributed by atoms with Crippen LogP contribution in [0.2, 0.25) is 0 Å². The summed E-state index contributed by atoms with van der Waals surface area (Å²) in [5, 5.41) is 14.3. The number of Topliss-reactive ketones (excluding diaryl/α,β-unsaturated/α-hetero) is 1. The molecule has 0 heterocycles. The summed E-state index contributed by atoms with van der Waals surface area (Å²) in [6.07, 6.45) is 7.01. The Labute approximate surface area is 232 Å². The van der Waals surface area contributed by atoms with Gasteiger partial charge < -0.3 is 22.1 Å². The Morgan fingerprint density at radius 3 is 1.76 bits per heavy atom. The SMILES string of the molecule is CC(=CC[P+](c1ccccc1)(c1ccccc1)c1ccccc1)/C=C/C1=C(C)C(=O)C(O)CC1(C)C.[Br-]. The van der Waals surface area contributed by atoms with Gasteiger partial charge in [0.05, 0.1) is 6.16 Å². The van der Waals surface area contributed by atoms with Crippen LogP contribution >= 0.6 is 7.26 Å². The van der Waals surface area contributed by atoms with Crippen molar-refractivity contribution in [2.24, 2.45) is 5.41 Å². The van der Waals surface area contributed by atoms with Crippen molar-refractivity contribution in [1.82, 2.24) is 0 Å². The average Bonchev–Trinajstić information content (AvgIpc) is 2.89. The minimum Gasteiger partial charge on any atom is -1.00 e. The van der Waals surface area contributed by atoms with Gasteiger partial charge in [0.2, 0.25) is 0 Å². The lowest BCUT2D eigenvalue weighted by Gasteiger charge is -2.34. The summed E-state index contributed by atoms with van der Waals surface area (Å²) < 4.78 is 0. The van der Waals surface area contributed by atoms with Crippen molar-refractivity contribution in [3.63, 3.8) is 0 Å². The molecule has 0 aliphatic heterocycles. The molecular weight excluding hydrogens is 539 g/mol. The topological polar surface area (TPSA) is 37.3 Å². The summed E-state index contributed by atoms with van der Waals surface area (Å²) in [5.41, 5.74) is 2.60. The van der Waals surface area contributed by atoms with Gasteiger partial charge in [0, 0.05) is 0 Å². The van der Waals surface area contributed by atoms with Gasteiger partial charge in [-0.1, -0.05) is 86.2 Å². The van der Waals surface area contributed by atoms with Gasteiger partial charge in [0.1, 0.15) is 29.3 Å². The molecule has 0 radical (unpaired) electrons. The molecule has 1 aliphatic rings. The molecule has 1 unspecified atom stereocenters. The first kappa shape index (κ1) is 29.0. The van der Waals surface area contributed by atoms with Crippen LogP contribution in [-0.4, -0.2) is 23.2 Å². The van der Waals surface area contributed by atoms with Gasteiger partial charge in [-0.2, -0.15) is 0 Å². The maximum absolute atomic E-state index is 12.4. The standard InChI is InChI=1S/C33H36O2P.BrH/c1-25(20-21-30-26(2)32(35)31(34)24-33(30,3)4)22-23-36(27-14-8-5-9-15-27,28-16-10-6-11-17-28)29-18-12-7-13-19-29;/h5-22,31,34H,23-24H2,1-4H3;1H/q+1;/p-1/b21-20+,25-22?;. The van der Waals surface area contributed by atoms with E-state index in [1.165, 1.54) is 15.9 Å².